The zero-order chi connectivity index (χ0) is 15.8. The number of hydrogen-bond acceptors (Lipinski definition) is 5. The van der Waals surface area contributed by atoms with Gasteiger partial charge in [-0.1, -0.05) is 18.6 Å². The summed E-state index contributed by atoms with van der Waals surface area (Å²) in [6, 6.07) is 0. The Kier molecular flexibility index (Phi) is 2.76. The number of allylic oxidation sites excluding steroid dienone is 1. The molecule has 1 unspecified atom stereocenters. The third kappa shape index (κ3) is 1.57. The highest BCUT2D eigenvalue weighted by Gasteiger charge is 2.77. The second-order valence-corrected chi connectivity index (χ2v) is 7.91. The molecule has 0 radical (unpaired) electrons. The predicted molar refractivity (Wildman–Crippen MR) is 77.9 cm³/mol. The van der Waals surface area contributed by atoms with Crippen LogP contribution >= 0.6 is 0 Å². The van der Waals surface area contributed by atoms with E-state index in [9.17, 15) is 9.90 Å². The van der Waals surface area contributed by atoms with Gasteiger partial charge in [-0.25, -0.2) is 0 Å². The average molecular weight is 308 g/mol. The molecule has 2 aliphatic heterocycles. The molecule has 5 heteroatoms. The van der Waals surface area contributed by atoms with Gasteiger partial charge in [-0.2, -0.15) is 0 Å². The van der Waals surface area contributed by atoms with Gasteiger partial charge < -0.3 is 19.3 Å². The van der Waals surface area contributed by atoms with Gasteiger partial charge in [0, 0.05) is 30.6 Å². The predicted octanol–water partition coefficient (Wildman–Crippen LogP) is 1.93. The smallest absolute Gasteiger partial charge is 0.305 e. The van der Waals surface area contributed by atoms with Gasteiger partial charge in [0.15, 0.2) is 0 Å². The maximum absolute atomic E-state index is 11.5. The first kappa shape index (κ1) is 14.7. The van der Waals surface area contributed by atoms with Gasteiger partial charge in [0.25, 0.3) is 0 Å². The van der Waals surface area contributed by atoms with Crippen molar-refractivity contribution in [2.45, 2.75) is 63.9 Å². The molecule has 2 bridgehead atoms. The van der Waals surface area contributed by atoms with Crippen molar-refractivity contribution < 1.29 is 24.1 Å². The summed E-state index contributed by atoms with van der Waals surface area (Å²) in [5.74, 6) is -1.35. The van der Waals surface area contributed by atoms with Crippen LogP contribution in [-0.4, -0.2) is 41.8 Å². The maximum Gasteiger partial charge on any atom is 0.305 e. The van der Waals surface area contributed by atoms with Gasteiger partial charge in [0.2, 0.25) is 5.79 Å². The summed E-state index contributed by atoms with van der Waals surface area (Å²) in [5, 5.41) is 11.3. The Labute approximate surface area is 130 Å². The van der Waals surface area contributed by atoms with E-state index in [0.717, 1.165) is 12.8 Å². The van der Waals surface area contributed by atoms with Crippen molar-refractivity contribution >= 4 is 5.97 Å². The fourth-order valence-electron chi connectivity index (χ4n) is 5.38. The monoisotopic (exact) mass is 308 g/mol. The molecule has 4 rings (SSSR count). The molecule has 1 N–H and O–H groups in total. The van der Waals surface area contributed by atoms with Crippen LogP contribution in [0.15, 0.2) is 11.6 Å². The van der Waals surface area contributed by atoms with E-state index < -0.39 is 11.4 Å². The minimum atomic E-state index is -1.01. The highest BCUT2D eigenvalue weighted by atomic mass is 16.7. The minimum absolute atomic E-state index is 0.0278. The van der Waals surface area contributed by atoms with Crippen LogP contribution in [0.3, 0.4) is 0 Å². The van der Waals surface area contributed by atoms with Crippen molar-refractivity contribution in [1.82, 2.24) is 0 Å². The number of ether oxygens (including phenoxy) is 3. The normalized spacial score (nSPS) is 52.7. The van der Waals surface area contributed by atoms with Crippen molar-refractivity contribution in [2.24, 2.45) is 10.8 Å². The topological polar surface area (TPSA) is 65.0 Å². The van der Waals surface area contributed by atoms with E-state index in [2.05, 4.69) is 19.9 Å². The summed E-state index contributed by atoms with van der Waals surface area (Å²) in [6.45, 7) is 6.38. The van der Waals surface area contributed by atoms with Crippen molar-refractivity contribution in [3.63, 3.8) is 0 Å². The summed E-state index contributed by atoms with van der Waals surface area (Å²) >= 11 is 0. The Balaban J connectivity index is 1.80. The Morgan fingerprint density at radius 2 is 2.18 bits per heavy atom. The Bertz CT molecular complexity index is 571. The first-order chi connectivity index (χ1) is 10.2. The van der Waals surface area contributed by atoms with Crippen LogP contribution in [0.2, 0.25) is 0 Å². The van der Waals surface area contributed by atoms with Gasteiger partial charge in [0.1, 0.15) is 5.60 Å². The Hall–Kier alpha value is -0.910. The molecule has 2 heterocycles. The fraction of sp³-hybridized carbons (Fsp3) is 0.824. The molecule has 0 aromatic heterocycles. The van der Waals surface area contributed by atoms with Crippen molar-refractivity contribution in [1.29, 1.82) is 0 Å². The second-order valence-electron chi connectivity index (χ2n) is 7.91. The van der Waals surface area contributed by atoms with Gasteiger partial charge in [-0.3, -0.25) is 4.79 Å². The lowest BCUT2D eigenvalue weighted by molar-refractivity contribution is -0.305. The van der Waals surface area contributed by atoms with E-state index >= 15 is 0 Å². The molecule has 3 fully saturated rings. The molecule has 1 spiro atoms. The zero-order valence-corrected chi connectivity index (χ0v) is 13.5. The van der Waals surface area contributed by atoms with E-state index in [1.165, 1.54) is 12.5 Å². The minimum Gasteiger partial charge on any atom is -0.433 e. The number of fused-ring (bicyclic) bond motifs is 1. The van der Waals surface area contributed by atoms with Crippen LogP contribution in [0.1, 0.15) is 46.5 Å². The number of hydrogen-bond donors (Lipinski definition) is 1. The molecule has 22 heavy (non-hydrogen) atoms. The number of carbonyl (C=O) groups excluding carboxylic acids is 1. The number of carbonyl (C=O) groups is 1. The molecular weight excluding hydrogens is 284 g/mol. The van der Waals surface area contributed by atoms with Gasteiger partial charge in [-0.15, -0.1) is 0 Å². The average Bonchev–Trinajstić information content (AvgIpc) is 2.63. The molecule has 2 saturated heterocycles. The summed E-state index contributed by atoms with van der Waals surface area (Å²) in [6.07, 6.45) is 4.94. The van der Waals surface area contributed by atoms with E-state index in [1.807, 2.05) is 0 Å². The van der Waals surface area contributed by atoms with Crippen molar-refractivity contribution in [3.05, 3.63) is 11.6 Å². The molecule has 5 atom stereocenters. The van der Waals surface area contributed by atoms with Crippen molar-refractivity contribution in [3.8, 4) is 0 Å². The molecule has 0 aromatic rings. The van der Waals surface area contributed by atoms with Gasteiger partial charge in [0.05, 0.1) is 19.3 Å². The summed E-state index contributed by atoms with van der Waals surface area (Å²) in [7, 11) is 0. The largest absolute Gasteiger partial charge is 0.433 e. The molecule has 0 aromatic carbocycles. The van der Waals surface area contributed by atoms with Crippen LogP contribution in [-0.2, 0) is 19.0 Å². The quantitative estimate of drug-likeness (QED) is 0.592. The lowest BCUT2D eigenvalue weighted by Gasteiger charge is -2.61. The molecule has 5 nitrogen and oxygen atoms in total. The number of esters is 1. The van der Waals surface area contributed by atoms with Crippen LogP contribution in [0.5, 0.6) is 0 Å². The third-order valence-corrected chi connectivity index (χ3v) is 6.68. The highest BCUT2D eigenvalue weighted by molar-refractivity contribution is 5.66. The zero-order valence-electron chi connectivity index (χ0n) is 13.5. The molecule has 2 aliphatic carbocycles. The van der Waals surface area contributed by atoms with Crippen LogP contribution in [0, 0.1) is 10.8 Å². The number of rotatable bonds is 1. The SMILES string of the molecule is CC(=O)O[C@@]12C[C@@]3(O)COC4C=C(C)CC[C@]4(CO1)[C@@]3(C)C2. The lowest BCUT2D eigenvalue weighted by Crippen LogP contribution is -2.67. The molecule has 4 aliphatic rings. The third-order valence-electron chi connectivity index (χ3n) is 6.68. The van der Waals surface area contributed by atoms with Gasteiger partial charge >= 0.3 is 5.97 Å². The van der Waals surface area contributed by atoms with E-state index in [4.69, 9.17) is 14.2 Å². The van der Waals surface area contributed by atoms with Crippen molar-refractivity contribution in [2.75, 3.05) is 13.2 Å². The molecule has 0 amide bonds. The van der Waals surface area contributed by atoms with Crippen LogP contribution < -0.4 is 0 Å². The van der Waals surface area contributed by atoms with Gasteiger partial charge in [-0.05, 0) is 19.8 Å². The molecule has 1 saturated carbocycles. The Morgan fingerprint density at radius 1 is 1.41 bits per heavy atom. The summed E-state index contributed by atoms with van der Waals surface area (Å²) in [4.78, 5) is 11.5. The van der Waals surface area contributed by atoms with E-state index in [1.54, 1.807) is 0 Å². The summed E-state index contributed by atoms with van der Waals surface area (Å²) < 4.78 is 17.7. The second kappa shape index (κ2) is 4.13. The summed E-state index contributed by atoms with van der Waals surface area (Å²) in [5.41, 5.74) is -0.276. The van der Waals surface area contributed by atoms with Crippen LogP contribution in [0.4, 0.5) is 0 Å². The fourth-order valence-corrected chi connectivity index (χ4v) is 5.38. The lowest BCUT2D eigenvalue weighted by atomic mass is 9.50. The molecular formula is C17H24O5. The van der Waals surface area contributed by atoms with E-state index in [-0.39, 0.29) is 29.5 Å². The highest BCUT2D eigenvalue weighted by Crippen LogP contribution is 2.70. The maximum atomic E-state index is 11.5. The van der Waals surface area contributed by atoms with Crippen LogP contribution in [0.25, 0.3) is 0 Å². The Morgan fingerprint density at radius 3 is 2.91 bits per heavy atom. The van der Waals surface area contributed by atoms with E-state index in [0.29, 0.717) is 19.4 Å². The first-order valence-electron chi connectivity index (χ1n) is 8.09. The first-order valence-corrected chi connectivity index (χ1v) is 8.09. The standard InChI is InChI=1S/C17H24O5/c1-11-4-5-15-9-21-17(22-12(2)18)7-14(15,3)16(19,8-17)10-20-13(15)6-11/h6,13,19H,4-5,7-10H2,1-3H3/t13?,14-,15-,16-,17+/m1/s1. The molecule has 122 valence electrons. The number of aliphatic hydroxyl groups is 1.